The fourth-order valence-electron chi connectivity index (χ4n) is 2.78. The summed E-state index contributed by atoms with van der Waals surface area (Å²) in [5.74, 6) is 0.905. The second kappa shape index (κ2) is 6.53. The Labute approximate surface area is 145 Å². The molecule has 0 N–H and O–H groups in total. The molecule has 0 saturated carbocycles. The average Bonchev–Trinajstić information content (AvgIpc) is 3.27. The molecule has 120 valence electrons. The summed E-state index contributed by atoms with van der Waals surface area (Å²) in [6.45, 7) is 3.10. The number of hydrogen-bond acceptors (Lipinski definition) is 3. The van der Waals surface area contributed by atoms with E-state index in [4.69, 9.17) is 4.98 Å². The highest BCUT2D eigenvalue weighted by Gasteiger charge is 2.09. The van der Waals surface area contributed by atoms with Gasteiger partial charge in [-0.25, -0.2) is 9.67 Å². The molecule has 0 saturated heterocycles. The second-order valence-electron chi connectivity index (χ2n) is 5.53. The Morgan fingerprint density at radius 2 is 1.83 bits per heavy atom. The molecule has 2 aromatic carbocycles. The lowest BCUT2D eigenvalue weighted by Crippen LogP contribution is -1.97. The lowest BCUT2D eigenvalue weighted by atomic mass is 10.2. The molecule has 0 radical (unpaired) electrons. The Morgan fingerprint density at radius 3 is 2.58 bits per heavy atom. The molecule has 0 aliphatic carbocycles. The van der Waals surface area contributed by atoms with E-state index in [1.165, 1.54) is 11.1 Å². The van der Waals surface area contributed by atoms with E-state index in [0.29, 0.717) is 0 Å². The highest BCUT2D eigenvalue weighted by Crippen LogP contribution is 2.27. The van der Waals surface area contributed by atoms with E-state index < -0.39 is 0 Å². The largest absolute Gasteiger partial charge is 0.319 e. The van der Waals surface area contributed by atoms with Gasteiger partial charge >= 0.3 is 0 Å². The van der Waals surface area contributed by atoms with E-state index in [1.807, 2.05) is 23.0 Å². The van der Waals surface area contributed by atoms with Crippen LogP contribution in [-0.2, 0) is 12.3 Å². The number of para-hydroxylation sites is 2. The number of fused-ring (bicyclic) bond motifs is 1. The van der Waals surface area contributed by atoms with Gasteiger partial charge in [0.05, 0.1) is 16.7 Å². The average molecular weight is 334 g/mol. The van der Waals surface area contributed by atoms with Crippen molar-refractivity contribution in [1.29, 1.82) is 0 Å². The Bertz CT molecular complexity index is 939. The van der Waals surface area contributed by atoms with Gasteiger partial charge in [0.1, 0.15) is 0 Å². The molecule has 0 unspecified atom stereocenters. The SMILES string of the molecule is CCn1c(SCc2ccc(-n3cccn3)cc2)nc2ccccc21. The van der Waals surface area contributed by atoms with E-state index in [0.717, 1.165) is 28.7 Å². The van der Waals surface area contributed by atoms with Crippen molar-refractivity contribution in [1.82, 2.24) is 19.3 Å². The van der Waals surface area contributed by atoms with Crippen molar-refractivity contribution >= 4 is 22.8 Å². The van der Waals surface area contributed by atoms with Gasteiger partial charge in [0.15, 0.2) is 5.16 Å². The summed E-state index contributed by atoms with van der Waals surface area (Å²) in [6.07, 6.45) is 3.74. The number of nitrogens with zero attached hydrogens (tertiary/aromatic N) is 4. The number of hydrogen-bond donors (Lipinski definition) is 0. The summed E-state index contributed by atoms with van der Waals surface area (Å²) in [5, 5.41) is 5.33. The van der Waals surface area contributed by atoms with Crippen LogP contribution in [0.25, 0.3) is 16.7 Å². The van der Waals surface area contributed by atoms with Crippen molar-refractivity contribution in [3.05, 3.63) is 72.6 Å². The molecule has 2 aromatic heterocycles. The Morgan fingerprint density at radius 1 is 1.00 bits per heavy atom. The summed E-state index contributed by atoms with van der Waals surface area (Å²) in [6, 6.07) is 18.8. The lowest BCUT2D eigenvalue weighted by Gasteiger charge is -2.06. The first kappa shape index (κ1) is 15.0. The fourth-order valence-corrected chi connectivity index (χ4v) is 3.82. The quantitative estimate of drug-likeness (QED) is 0.503. The van der Waals surface area contributed by atoms with E-state index in [9.17, 15) is 0 Å². The first-order valence-corrected chi connectivity index (χ1v) is 9.01. The predicted molar refractivity (Wildman–Crippen MR) is 98.5 cm³/mol. The molecule has 4 rings (SSSR count). The lowest BCUT2D eigenvalue weighted by molar-refractivity contribution is 0.702. The molecule has 2 heterocycles. The normalized spacial score (nSPS) is 11.2. The van der Waals surface area contributed by atoms with Crippen LogP contribution in [0.2, 0.25) is 0 Å². The zero-order valence-electron chi connectivity index (χ0n) is 13.5. The van der Waals surface area contributed by atoms with Crippen LogP contribution in [0.1, 0.15) is 12.5 Å². The first-order valence-electron chi connectivity index (χ1n) is 8.02. The molecule has 5 heteroatoms. The monoisotopic (exact) mass is 334 g/mol. The van der Waals surface area contributed by atoms with Crippen LogP contribution in [0.4, 0.5) is 0 Å². The van der Waals surface area contributed by atoms with Crippen LogP contribution in [0.5, 0.6) is 0 Å². The number of aromatic nitrogens is 4. The number of rotatable bonds is 5. The minimum absolute atomic E-state index is 0.905. The van der Waals surface area contributed by atoms with Crippen LogP contribution in [-0.4, -0.2) is 19.3 Å². The molecule has 4 aromatic rings. The summed E-state index contributed by atoms with van der Waals surface area (Å²) in [5.41, 5.74) is 4.63. The van der Waals surface area contributed by atoms with Gasteiger partial charge in [-0.3, -0.25) is 0 Å². The van der Waals surface area contributed by atoms with Crippen LogP contribution >= 0.6 is 11.8 Å². The Balaban J connectivity index is 1.53. The third-order valence-corrected chi connectivity index (χ3v) is 5.06. The minimum atomic E-state index is 0.905. The van der Waals surface area contributed by atoms with Gasteiger partial charge in [0.2, 0.25) is 0 Å². The van der Waals surface area contributed by atoms with Crippen molar-refractivity contribution in [2.75, 3.05) is 0 Å². The number of benzene rings is 2. The molecule has 24 heavy (non-hydrogen) atoms. The molecule has 0 fully saturated rings. The van der Waals surface area contributed by atoms with E-state index >= 15 is 0 Å². The maximum atomic E-state index is 4.77. The fraction of sp³-hybridized carbons (Fsp3) is 0.158. The first-order chi connectivity index (χ1) is 11.8. The van der Waals surface area contributed by atoms with Gasteiger partial charge < -0.3 is 4.57 Å². The molecular weight excluding hydrogens is 316 g/mol. The summed E-state index contributed by atoms with van der Waals surface area (Å²) >= 11 is 1.78. The summed E-state index contributed by atoms with van der Waals surface area (Å²) < 4.78 is 4.14. The third kappa shape index (κ3) is 2.83. The van der Waals surface area contributed by atoms with Crippen LogP contribution in [0.3, 0.4) is 0 Å². The van der Waals surface area contributed by atoms with Crippen molar-refractivity contribution in [2.24, 2.45) is 0 Å². The number of aryl methyl sites for hydroxylation is 1. The highest BCUT2D eigenvalue weighted by molar-refractivity contribution is 7.98. The topological polar surface area (TPSA) is 35.6 Å². The van der Waals surface area contributed by atoms with E-state index in [-0.39, 0.29) is 0 Å². The van der Waals surface area contributed by atoms with Crippen LogP contribution in [0.15, 0.2) is 72.1 Å². The van der Waals surface area contributed by atoms with E-state index in [1.54, 1.807) is 18.0 Å². The molecule has 0 atom stereocenters. The number of imidazole rings is 1. The molecule has 0 bridgehead atoms. The van der Waals surface area contributed by atoms with Crippen molar-refractivity contribution < 1.29 is 0 Å². The van der Waals surface area contributed by atoms with Crippen molar-refractivity contribution in [2.45, 2.75) is 24.4 Å². The molecule has 0 aliphatic heterocycles. The number of thioether (sulfide) groups is 1. The van der Waals surface area contributed by atoms with E-state index in [2.05, 4.69) is 59.1 Å². The van der Waals surface area contributed by atoms with Crippen LogP contribution in [0, 0.1) is 0 Å². The zero-order valence-corrected chi connectivity index (χ0v) is 14.3. The van der Waals surface area contributed by atoms with Crippen molar-refractivity contribution in [3.63, 3.8) is 0 Å². The van der Waals surface area contributed by atoms with Gasteiger partial charge in [0, 0.05) is 24.7 Å². The Hall–Kier alpha value is -2.53. The van der Waals surface area contributed by atoms with Crippen molar-refractivity contribution in [3.8, 4) is 5.69 Å². The smallest absolute Gasteiger partial charge is 0.169 e. The minimum Gasteiger partial charge on any atom is -0.319 e. The summed E-state index contributed by atoms with van der Waals surface area (Å²) in [4.78, 5) is 4.77. The third-order valence-electron chi connectivity index (χ3n) is 4.01. The van der Waals surface area contributed by atoms with Gasteiger partial charge in [-0.1, -0.05) is 36.0 Å². The van der Waals surface area contributed by atoms with Crippen LogP contribution < -0.4 is 0 Å². The standard InChI is InChI=1S/C19H18N4S/c1-2-22-18-7-4-3-6-17(18)21-19(22)24-14-15-8-10-16(11-9-15)23-13-5-12-20-23/h3-13H,2,14H2,1H3. The molecule has 0 amide bonds. The second-order valence-corrected chi connectivity index (χ2v) is 6.48. The van der Waals surface area contributed by atoms with Gasteiger partial charge in [-0.2, -0.15) is 5.10 Å². The summed E-state index contributed by atoms with van der Waals surface area (Å²) in [7, 11) is 0. The zero-order chi connectivity index (χ0) is 16.4. The molecular formula is C19H18N4S. The predicted octanol–water partition coefficient (Wildman–Crippen LogP) is 4.53. The van der Waals surface area contributed by atoms with Gasteiger partial charge in [0.25, 0.3) is 0 Å². The maximum absolute atomic E-state index is 4.77. The van der Waals surface area contributed by atoms with Gasteiger partial charge in [-0.15, -0.1) is 0 Å². The maximum Gasteiger partial charge on any atom is 0.169 e. The van der Waals surface area contributed by atoms with Gasteiger partial charge in [-0.05, 0) is 42.8 Å². The molecule has 4 nitrogen and oxygen atoms in total. The Kier molecular flexibility index (Phi) is 4.09. The highest BCUT2D eigenvalue weighted by atomic mass is 32.2. The molecule has 0 spiro atoms. The molecule has 0 aliphatic rings.